The van der Waals surface area contributed by atoms with E-state index in [4.69, 9.17) is 5.11 Å². The lowest BCUT2D eigenvalue weighted by Crippen LogP contribution is -2.44. The van der Waals surface area contributed by atoms with Crippen molar-refractivity contribution in [1.82, 2.24) is 5.32 Å². The van der Waals surface area contributed by atoms with Gasteiger partial charge >= 0.3 is 5.97 Å². The van der Waals surface area contributed by atoms with Gasteiger partial charge < -0.3 is 9.84 Å². The van der Waals surface area contributed by atoms with E-state index in [9.17, 15) is 13.6 Å². The van der Waals surface area contributed by atoms with Crippen LogP contribution in [-0.2, 0) is 9.53 Å². The topological polar surface area (TPSA) is 58.6 Å². The summed E-state index contributed by atoms with van der Waals surface area (Å²) >= 11 is 0. The first-order chi connectivity index (χ1) is 5.97. The highest BCUT2D eigenvalue weighted by molar-refractivity contribution is 5.76. The fourth-order valence-corrected chi connectivity index (χ4v) is 0.662. The minimum atomic E-state index is -2.85. The number of alkyl halides is 2. The van der Waals surface area contributed by atoms with Crippen LogP contribution in [0.1, 0.15) is 13.8 Å². The zero-order valence-corrected chi connectivity index (χ0v) is 7.46. The van der Waals surface area contributed by atoms with E-state index < -0.39 is 25.2 Å². The van der Waals surface area contributed by atoms with E-state index in [1.54, 1.807) is 19.2 Å². The Morgan fingerprint density at radius 3 is 2.38 bits per heavy atom. The van der Waals surface area contributed by atoms with E-state index in [1.807, 2.05) is 0 Å². The van der Waals surface area contributed by atoms with Crippen molar-refractivity contribution in [3.8, 4) is 0 Å². The molecule has 78 valence electrons. The number of rotatable bonds is 5. The number of aliphatic hydroxyl groups is 1. The second kappa shape index (κ2) is 5.82. The van der Waals surface area contributed by atoms with E-state index in [1.165, 1.54) is 0 Å². The van der Waals surface area contributed by atoms with Gasteiger partial charge in [0, 0.05) is 0 Å². The van der Waals surface area contributed by atoms with Gasteiger partial charge in [-0.3, -0.25) is 4.79 Å². The fourth-order valence-electron chi connectivity index (χ4n) is 0.662. The van der Waals surface area contributed by atoms with Crippen LogP contribution in [0.15, 0.2) is 0 Å². The van der Waals surface area contributed by atoms with Gasteiger partial charge in [0.25, 0.3) is 6.55 Å². The van der Waals surface area contributed by atoms with Crippen molar-refractivity contribution < 1.29 is 23.4 Å². The molecule has 0 amide bonds. The molecule has 0 aromatic rings. The van der Waals surface area contributed by atoms with Crippen molar-refractivity contribution >= 4 is 5.97 Å². The third-order valence-corrected chi connectivity index (χ3v) is 1.15. The Morgan fingerprint density at radius 2 is 2.08 bits per heavy atom. The first-order valence-electron chi connectivity index (χ1n) is 3.83. The van der Waals surface area contributed by atoms with Crippen LogP contribution in [0.5, 0.6) is 0 Å². The van der Waals surface area contributed by atoms with Crippen LogP contribution >= 0.6 is 0 Å². The maximum Gasteiger partial charge on any atom is 0.325 e. The highest BCUT2D eigenvalue weighted by Crippen LogP contribution is 1.97. The minimum Gasteiger partial charge on any atom is -0.462 e. The molecule has 0 heterocycles. The van der Waals surface area contributed by atoms with Gasteiger partial charge in [0.1, 0.15) is 6.04 Å². The van der Waals surface area contributed by atoms with Crippen LogP contribution in [-0.4, -0.2) is 36.4 Å². The molecule has 2 N–H and O–H groups in total. The maximum atomic E-state index is 11.7. The third-order valence-electron chi connectivity index (χ3n) is 1.15. The quantitative estimate of drug-likeness (QED) is 0.485. The van der Waals surface area contributed by atoms with Gasteiger partial charge in [-0.15, -0.1) is 0 Å². The molecule has 0 aromatic carbocycles. The molecule has 0 rings (SSSR count). The predicted octanol–water partition coefficient (Wildman–Crippen LogP) is 0.111. The number of aliphatic hydroxyl groups excluding tert-OH is 1. The standard InChI is InChI=1S/C7H13F2NO3/c1-4(2)13-6(12)5(3-11)10-7(8)9/h4-5,7,10-11H,3H2,1-2H3. The van der Waals surface area contributed by atoms with Crippen LogP contribution < -0.4 is 5.32 Å². The Balaban J connectivity index is 3.99. The Morgan fingerprint density at radius 1 is 1.54 bits per heavy atom. The number of esters is 1. The summed E-state index contributed by atoms with van der Waals surface area (Å²) in [5.41, 5.74) is 0. The van der Waals surface area contributed by atoms with Crippen molar-refractivity contribution in [2.75, 3.05) is 6.61 Å². The van der Waals surface area contributed by atoms with Crippen molar-refractivity contribution in [1.29, 1.82) is 0 Å². The monoisotopic (exact) mass is 197 g/mol. The summed E-state index contributed by atoms with van der Waals surface area (Å²) in [4.78, 5) is 10.9. The van der Waals surface area contributed by atoms with Crippen LogP contribution in [0.25, 0.3) is 0 Å². The molecule has 0 bridgehead atoms. The Kier molecular flexibility index (Phi) is 5.48. The molecule has 13 heavy (non-hydrogen) atoms. The van der Waals surface area contributed by atoms with Crippen molar-refractivity contribution in [2.45, 2.75) is 32.5 Å². The Bertz CT molecular complexity index is 164. The molecule has 0 fully saturated rings. The molecule has 0 saturated heterocycles. The normalized spacial score (nSPS) is 13.5. The molecular weight excluding hydrogens is 184 g/mol. The zero-order valence-electron chi connectivity index (χ0n) is 7.46. The summed E-state index contributed by atoms with van der Waals surface area (Å²) in [6, 6.07) is -1.36. The fraction of sp³-hybridized carbons (Fsp3) is 0.857. The largest absolute Gasteiger partial charge is 0.462 e. The van der Waals surface area contributed by atoms with Gasteiger partial charge in [0.15, 0.2) is 0 Å². The SMILES string of the molecule is CC(C)OC(=O)C(CO)NC(F)F. The number of ether oxygens (including phenoxy) is 1. The van der Waals surface area contributed by atoms with Crippen LogP contribution in [0.4, 0.5) is 8.78 Å². The molecule has 0 aliphatic heterocycles. The van der Waals surface area contributed by atoms with Gasteiger partial charge in [0.05, 0.1) is 12.7 Å². The molecule has 0 saturated carbocycles. The highest BCUT2D eigenvalue weighted by Gasteiger charge is 2.22. The molecule has 1 atom stereocenters. The van der Waals surface area contributed by atoms with Gasteiger partial charge in [-0.25, -0.2) is 5.32 Å². The van der Waals surface area contributed by atoms with Crippen molar-refractivity contribution in [2.24, 2.45) is 0 Å². The van der Waals surface area contributed by atoms with Crippen molar-refractivity contribution in [3.05, 3.63) is 0 Å². The molecule has 0 radical (unpaired) electrons. The highest BCUT2D eigenvalue weighted by atomic mass is 19.3. The average Bonchev–Trinajstić information content (AvgIpc) is 1.98. The smallest absolute Gasteiger partial charge is 0.325 e. The van der Waals surface area contributed by atoms with E-state index in [0.29, 0.717) is 0 Å². The summed E-state index contributed by atoms with van der Waals surface area (Å²) < 4.78 is 28.1. The summed E-state index contributed by atoms with van der Waals surface area (Å²) in [5, 5.41) is 10.1. The Hall–Kier alpha value is -0.750. The summed E-state index contributed by atoms with van der Waals surface area (Å²) in [5.74, 6) is -0.877. The van der Waals surface area contributed by atoms with Gasteiger partial charge in [-0.05, 0) is 13.8 Å². The second-order valence-electron chi connectivity index (χ2n) is 2.69. The van der Waals surface area contributed by atoms with Crippen molar-refractivity contribution in [3.63, 3.8) is 0 Å². The van der Waals surface area contributed by atoms with E-state index in [0.717, 1.165) is 0 Å². The van der Waals surface area contributed by atoms with E-state index >= 15 is 0 Å². The average molecular weight is 197 g/mol. The van der Waals surface area contributed by atoms with E-state index in [2.05, 4.69) is 4.74 Å². The first-order valence-corrected chi connectivity index (χ1v) is 3.83. The Labute approximate surface area is 74.9 Å². The van der Waals surface area contributed by atoms with Gasteiger partial charge in [0.2, 0.25) is 0 Å². The summed E-state index contributed by atoms with van der Waals surface area (Å²) in [6.07, 6.45) is -0.388. The lowest BCUT2D eigenvalue weighted by atomic mass is 10.3. The molecule has 0 aliphatic rings. The minimum absolute atomic E-state index is 0.388. The van der Waals surface area contributed by atoms with Crippen LogP contribution in [0.3, 0.4) is 0 Å². The molecule has 0 aliphatic carbocycles. The maximum absolute atomic E-state index is 11.7. The summed E-state index contributed by atoms with van der Waals surface area (Å²) in [6.45, 7) is -0.379. The number of hydrogen-bond donors (Lipinski definition) is 2. The second-order valence-corrected chi connectivity index (χ2v) is 2.69. The third kappa shape index (κ3) is 5.48. The molecule has 1 unspecified atom stereocenters. The lowest BCUT2D eigenvalue weighted by Gasteiger charge is -2.16. The molecule has 6 heteroatoms. The van der Waals surface area contributed by atoms with E-state index in [-0.39, 0.29) is 6.10 Å². The summed E-state index contributed by atoms with van der Waals surface area (Å²) in [7, 11) is 0. The van der Waals surface area contributed by atoms with Gasteiger partial charge in [-0.1, -0.05) is 0 Å². The van der Waals surface area contributed by atoms with Gasteiger partial charge in [-0.2, -0.15) is 8.78 Å². The molecule has 4 nitrogen and oxygen atoms in total. The number of carbonyl (C=O) groups is 1. The number of carbonyl (C=O) groups excluding carboxylic acids is 1. The molecular formula is C7H13F2NO3. The van der Waals surface area contributed by atoms with Crippen LogP contribution in [0.2, 0.25) is 0 Å². The number of halogens is 2. The lowest BCUT2D eigenvalue weighted by molar-refractivity contribution is -0.152. The molecule has 0 aromatic heterocycles. The molecule has 0 spiro atoms. The number of hydrogen-bond acceptors (Lipinski definition) is 4. The zero-order chi connectivity index (χ0) is 10.4. The first kappa shape index (κ1) is 12.2. The predicted molar refractivity (Wildman–Crippen MR) is 41.2 cm³/mol. The van der Waals surface area contributed by atoms with Crippen LogP contribution in [0, 0.1) is 0 Å². The number of nitrogens with one attached hydrogen (secondary N) is 1.